The van der Waals surface area contributed by atoms with E-state index in [0.717, 1.165) is 132 Å². The number of aromatic nitrogens is 3. The van der Waals surface area contributed by atoms with Gasteiger partial charge in [-0.2, -0.15) is 5.10 Å². The number of anilines is 2. The Hall–Kier alpha value is -5.02. The third kappa shape index (κ3) is 14.8. The van der Waals surface area contributed by atoms with Gasteiger partial charge in [0.2, 0.25) is 17.7 Å². The Morgan fingerprint density at radius 2 is 1.64 bits per heavy atom. The summed E-state index contributed by atoms with van der Waals surface area (Å²) in [7, 11) is 0. The summed E-state index contributed by atoms with van der Waals surface area (Å²) < 4.78 is 1.96. The van der Waals surface area contributed by atoms with Gasteiger partial charge in [-0.05, 0) is 139 Å². The topological polar surface area (TPSA) is 176 Å². The molecule has 3 fully saturated rings. The van der Waals surface area contributed by atoms with Crippen molar-refractivity contribution in [2.45, 2.75) is 123 Å². The number of carbonyl (C=O) groups is 4. The highest BCUT2D eigenvalue weighted by atomic mass is 16.4. The number of amides is 3. The molecule has 3 aromatic rings. The number of likely N-dealkylation sites (tertiary alicyclic amines) is 2. The smallest absolute Gasteiger partial charge is 0.303 e. The number of carboxylic acid groups (broad SMARTS) is 1. The molecule has 3 amide bonds. The summed E-state index contributed by atoms with van der Waals surface area (Å²) in [5.41, 5.74) is 6.81. The number of hydrogen-bond donors (Lipinski definition) is 4. The van der Waals surface area contributed by atoms with Gasteiger partial charge >= 0.3 is 5.97 Å². The minimum Gasteiger partial charge on any atom is -0.481 e. The summed E-state index contributed by atoms with van der Waals surface area (Å²) in [6.45, 7) is 12.5. The standard InChI is InChI=1S/C31H46N6O4.C18H27N3O2/c1-24-21-25(2)37(33-24)27-10-6-9-26(22-27)34-17-19-35(20-18-34)30(40)14-7-12-29(39)32-15-5-3-4-13-31(41)36-16-8-11-28(36)23-38;22-17(23)4-2-11-21-12-9-14(13-21)5-7-16-8-6-15-3-1-10-19-18(15)20-16/h6,9-10,21-22,28,38H,3-5,7-8,11-20,23H2,1-2H3,(H,32,39);6,8,14H,1-5,7,9-13H2,(H,19,20)(H,22,23). The number of hydrogen-bond acceptors (Lipinski definition) is 10. The molecule has 15 nitrogen and oxygen atoms in total. The maximum Gasteiger partial charge on any atom is 0.303 e. The van der Waals surface area contributed by atoms with Gasteiger partial charge in [0.05, 0.1) is 24.0 Å². The molecule has 7 rings (SSSR count). The number of carboxylic acids is 1. The largest absolute Gasteiger partial charge is 0.481 e. The number of piperazine rings is 1. The van der Waals surface area contributed by atoms with Crippen molar-refractivity contribution < 1.29 is 29.4 Å². The Kier molecular flexibility index (Phi) is 18.8. The third-order valence-electron chi connectivity index (χ3n) is 13.2. The number of carbonyl (C=O) groups excluding carboxylic acids is 3. The fourth-order valence-electron chi connectivity index (χ4n) is 9.54. The van der Waals surface area contributed by atoms with Crippen LogP contribution in [-0.2, 0) is 32.0 Å². The number of fused-ring (bicyclic) bond motifs is 1. The minimum absolute atomic E-state index is 0.0106. The molecule has 2 unspecified atom stereocenters. The molecule has 3 saturated heterocycles. The van der Waals surface area contributed by atoms with Crippen LogP contribution < -0.4 is 15.5 Å². The molecule has 6 heterocycles. The lowest BCUT2D eigenvalue weighted by molar-refractivity contribution is -0.137. The predicted octanol–water partition coefficient (Wildman–Crippen LogP) is 5.53. The quantitative estimate of drug-likeness (QED) is 0.105. The summed E-state index contributed by atoms with van der Waals surface area (Å²) >= 11 is 0. The number of aliphatic hydroxyl groups is 1. The second-order valence-corrected chi connectivity index (χ2v) is 18.1. The Morgan fingerprint density at radius 1 is 0.828 bits per heavy atom. The molecular formula is C49H73N9O6. The van der Waals surface area contributed by atoms with Crippen molar-refractivity contribution in [1.82, 2.24) is 34.8 Å². The van der Waals surface area contributed by atoms with E-state index in [4.69, 9.17) is 10.1 Å². The van der Waals surface area contributed by atoms with E-state index in [1.165, 1.54) is 30.5 Å². The zero-order valence-electron chi connectivity index (χ0n) is 38.4. The summed E-state index contributed by atoms with van der Waals surface area (Å²) in [5.74, 6) is 1.35. The van der Waals surface area contributed by atoms with Crippen LogP contribution in [0.5, 0.6) is 0 Å². The van der Waals surface area contributed by atoms with Crippen LogP contribution >= 0.6 is 0 Å². The highest BCUT2D eigenvalue weighted by Gasteiger charge is 2.28. The average Bonchev–Trinajstić information content (AvgIpc) is 4.06. The van der Waals surface area contributed by atoms with E-state index in [2.05, 4.69) is 68.9 Å². The van der Waals surface area contributed by atoms with Crippen LogP contribution in [-0.4, -0.2) is 141 Å². The van der Waals surface area contributed by atoms with Crippen molar-refractivity contribution in [3.8, 4) is 5.69 Å². The monoisotopic (exact) mass is 884 g/mol. The summed E-state index contributed by atoms with van der Waals surface area (Å²) in [4.78, 5) is 61.0. The highest BCUT2D eigenvalue weighted by molar-refractivity contribution is 5.79. The lowest BCUT2D eigenvalue weighted by Crippen LogP contribution is -2.48. The van der Waals surface area contributed by atoms with Crippen molar-refractivity contribution in [1.29, 1.82) is 0 Å². The fraction of sp³-hybridized carbons (Fsp3) is 0.633. The molecule has 0 saturated carbocycles. The van der Waals surface area contributed by atoms with Gasteiger partial charge in [-0.15, -0.1) is 0 Å². The van der Waals surface area contributed by atoms with Crippen molar-refractivity contribution >= 4 is 35.2 Å². The van der Waals surface area contributed by atoms with E-state index < -0.39 is 5.97 Å². The average molecular weight is 884 g/mol. The lowest BCUT2D eigenvalue weighted by atomic mass is 10.00. The first kappa shape index (κ1) is 48.4. The van der Waals surface area contributed by atoms with Crippen LogP contribution in [0.25, 0.3) is 5.69 Å². The second-order valence-electron chi connectivity index (χ2n) is 18.1. The van der Waals surface area contributed by atoms with Crippen molar-refractivity contribution in [3.05, 3.63) is 65.1 Å². The van der Waals surface area contributed by atoms with Gasteiger partial charge in [-0.1, -0.05) is 18.6 Å². The number of rotatable bonds is 20. The highest BCUT2D eigenvalue weighted by Crippen LogP contribution is 2.25. The maximum absolute atomic E-state index is 12.7. The van der Waals surface area contributed by atoms with Crippen LogP contribution in [0.15, 0.2) is 42.5 Å². The second kappa shape index (κ2) is 24.9. The Labute approximate surface area is 380 Å². The SMILES string of the molecule is Cc1cc(C)n(-c2cccc(N3CCN(C(=O)CCCC(=O)NCCCCCC(=O)N4CCCC4CO)CC3)c2)n1.O=C(O)CCCN1CCC(CCc2ccc3c(n2)NCCC3)C1. The number of aliphatic carboxylic acids is 1. The Balaban J connectivity index is 0.000000249. The van der Waals surface area contributed by atoms with Crippen LogP contribution in [0.1, 0.15) is 113 Å². The van der Waals surface area contributed by atoms with E-state index >= 15 is 0 Å². The molecule has 2 aromatic heterocycles. The molecule has 15 heteroatoms. The van der Waals surface area contributed by atoms with E-state index in [0.29, 0.717) is 45.3 Å². The van der Waals surface area contributed by atoms with E-state index in [-0.39, 0.29) is 36.8 Å². The van der Waals surface area contributed by atoms with Gasteiger partial charge in [0.25, 0.3) is 0 Å². The van der Waals surface area contributed by atoms with Crippen LogP contribution in [0, 0.1) is 19.8 Å². The van der Waals surface area contributed by atoms with Crippen molar-refractivity contribution in [3.63, 3.8) is 0 Å². The van der Waals surface area contributed by atoms with Gasteiger partial charge < -0.3 is 40.4 Å². The van der Waals surface area contributed by atoms with Gasteiger partial charge in [-0.3, -0.25) is 19.2 Å². The summed E-state index contributed by atoms with van der Waals surface area (Å²) in [5, 5.41) is 29.0. The molecule has 64 heavy (non-hydrogen) atoms. The molecule has 2 atom stereocenters. The molecular weight excluding hydrogens is 811 g/mol. The normalized spacial score (nSPS) is 18.6. The number of nitrogens with zero attached hydrogens (tertiary/aromatic N) is 7. The number of pyridine rings is 1. The lowest BCUT2D eigenvalue weighted by Gasteiger charge is -2.36. The molecule has 0 aliphatic carbocycles. The molecule has 1 aromatic carbocycles. The number of aryl methyl sites for hydroxylation is 4. The molecule has 4 N–H and O–H groups in total. The zero-order chi connectivity index (χ0) is 45.3. The number of nitrogens with one attached hydrogen (secondary N) is 2. The van der Waals surface area contributed by atoms with Gasteiger partial charge in [-0.25, -0.2) is 9.67 Å². The van der Waals surface area contributed by atoms with Gasteiger partial charge in [0.1, 0.15) is 5.82 Å². The van der Waals surface area contributed by atoms with Crippen LogP contribution in [0.4, 0.5) is 11.5 Å². The zero-order valence-corrected chi connectivity index (χ0v) is 38.4. The number of benzene rings is 1. The molecule has 4 aliphatic heterocycles. The van der Waals surface area contributed by atoms with Crippen LogP contribution in [0.2, 0.25) is 0 Å². The number of unbranched alkanes of at least 4 members (excludes halogenated alkanes) is 2. The molecule has 0 radical (unpaired) electrons. The van der Waals surface area contributed by atoms with Crippen molar-refractivity contribution in [2.24, 2.45) is 5.92 Å². The predicted molar refractivity (Wildman–Crippen MR) is 250 cm³/mol. The molecule has 350 valence electrons. The Bertz CT molecular complexity index is 1980. The van der Waals surface area contributed by atoms with Gasteiger partial charge in [0.15, 0.2) is 0 Å². The first-order valence-electron chi connectivity index (χ1n) is 24.1. The van der Waals surface area contributed by atoms with Crippen molar-refractivity contribution in [2.75, 3.05) is 82.3 Å². The third-order valence-corrected chi connectivity index (χ3v) is 13.2. The molecule has 0 bridgehead atoms. The first-order chi connectivity index (χ1) is 31.1. The maximum atomic E-state index is 12.7. The number of aliphatic hydroxyl groups excluding tert-OH is 1. The minimum atomic E-state index is -0.687. The van der Waals surface area contributed by atoms with E-state index in [1.54, 1.807) is 0 Å². The van der Waals surface area contributed by atoms with Crippen LogP contribution in [0.3, 0.4) is 0 Å². The molecule has 0 spiro atoms. The first-order valence-corrected chi connectivity index (χ1v) is 24.1. The fourth-order valence-corrected chi connectivity index (χ4v) is 9.54. The van der Waals surface area contributed by atoms with E-state index in [1.807, 2.05) is 27.5 Å². The van der Waals surface area contributed by atoms with E-state index in [9.17, 15) is 24.3 Å². The van der Waals surface area contributed by atoms with Gasteiger partial charge in [0, 0.05) is 95.1 Å². The Morgan fingerprint density at radius 3 is 2.42 bits per heavy atom. The molecule has 4 aliphatic rings. The summed E-state index contributed by atoms with van der Waals surface area (Å²) in [6.07, 6.45) is 13.0. The summed E-state index contributed by atoms with van der Waals surface area (Å²) in [6, 6.07) is 14.8.